The van der Waals surface area contributed by atoms with Gasteiger partial charge in [0.25, 0.3) is 0 Å². The van der Waals surface area contributed by atoms with E-state index >= 15 is 0 Å². The Labute approximate surface area is 128 Å². The molecule has 0 radical (unpaired) electrons. The standard InChI is InChI=1S/C16H17N5O/c1-2-12(20-15-4-6-17-11-19-15)10-21(8-1)16-13-5-9-22-14(13)3-7-18-16/h3-7,9,11-12H,1-2,8,10H2,(H,17,19,20). The summed E-state index contributed by atoms with van der Waals surface area (Å²) < 4.78 is 5.47. The predicted octanol–water partition coefficient (Wildman–Crippen LogP) is 2.70. The third-order valence-corrected chi connectivity index (χ3v) is 4.01. The van der Waals surface area contributed by atoms with Crippen molar-refractivity contribution in [2.75, 3.05) is 23.3 Å². The molecule has 0 aliphatic carbocycles. The number of hydrogen-bond donors (Lipinski definition) is 1. The average molecular weight is 295 g/mol. The zero-order valence-corrected chi connectivity index (χ0v) is 12.1. The molecular weight excluding hydrogens is 278 g/mol. The summed E-state index contributed by atoms with van der Waals surface area (Å²) in [5.41, 5.74) is 0.885. The van der Waals surface area contributed by atoms with Gasteiger partial charge in [0.1, 0.15) is 23.5 Å². The maximum absolute atomic E-state index is 5.47. The van der Waals surface area contributed by atoms with Gasteiger partial charge < -0.3 is 14.6 Å². The van der Waals surface area contributed by atoms with Crippen LogP contribution in [-0.4, -0.2) is 34.1 Å². The van der Waals surface area contributed by atoms with Gasteiger partial charge >= 0.3 is 0 Å². The molecule has 6 heteroatoms. The highest BCUT2D eigenvalue weighted by molar-refractivity contribution is 5.88. The maximum Gasteiger partial charge on any atom is 0.139 e. The van der Waals surface area contributed by atoms with Gasteiger partial charge in [-0.05, 0) is 31.0 Å². The van der Waals surface area contributed by atoms with Gasteiger partial charge in [0.2, 0.25) is 0 Å². The number of hydrogen-bond acceptors (Lipinski definition) is 6. The second kappa shape index (κ2) is 5.63. The van der Waals surface area contributed by atoms with E-state index in [1.807, 2.05) is 24.4 Å². The Balaban J connectivity index is 1.55. The van der Waals surface area contributed by atoms with Gasteiger partial charge in [-0.25, -0.2) is 15.0 Å². The number of anilines is 2. The van der Waals surface area contributed by atoms with E-state index in [1.165, 1.54) is 0 Å². The summed E-state index contributed by atoms with van der Waals surface area (Å²) >= 11 is 0. The van der Waals surface area contributed by atoms with E-state index in [0.717, 1.165) is 48.5 Å². The molecule has 1 saturated heterocycles. The van der Waals surface area contributed by atoms with Crippen LogP contribution >= 0.6 is 0 Å². The minimum atomic E-state index is 0.354. The van der Waals surface area contributed by atoms with Crippen molar-refractivity contribution < 1.29 is 4.42 Å². The number of aromatic nitrogens is 3. The normalized spacial score (nSPS) is 18.5. The molecule has 1 aliphatic rings. The third kappa shape index (κ3) is 2.47. The topological polar surface area (TPSA) is 67.1 Å². The first-order chi connectivity index (χ1) is 10.9. The molecular formula is C16H17N5O. The highest BCUT2D eigenvalue weighted by Crippen LogP contribution is 2.27. The number of nitrogens with zero attached hydrogens (tertiary/aromatic N) is 4. The molecule has 22 heavy (non-hydrogen) atoms. The van der Waals surface area contributed by atoms with Crippen LogP contribution in [-0.2, 0) is 0 Å². The summed E-state index contributed by atoms with van der Waals surface area (Å²) in [4.78, 5) is 15.1. The van der Waals surface area contributed by atoms with E-state index in [4.69, 9.17) is 4.42 Å². The number of rotatable bonds is 3. The lowest BCUT2D eigenvalue weighted by molar-refractivity contribution is 0.526. The lowest BCUT2D eigenvalue weighted by atomic mass is 10.1. The highest BCUT2D eigenvalue weighted by Gasteiger charge is 2.22. The summed E-state index contributed by atoms with van der Waals surface area (Å²) in [6.45, 7) is 1.92. The van der Waals surface area contributed by atoms with E-state index in [0.29, 0.717) is 6.04 Å². The van der Waals surface area contributed by atoms with Gasteiger partial charge in [0.15, 0.2) is 0 Å². The van der Waals surface area contributed by atoms with Crippen LogP contribution in [0, 0.1) is 0 Å². The Kier molecular flexibility index (Phi) is 3.34. The molecule has 4 heterocycles. The molecule has 0 spiro atoms. The minimum absolute atomic E-state index is 0.354. The van der Waals surface area contributed by atoms with Crippen molar-refractivity contribution in [1.82, 2.24) is 15.0 Å². The van der Waals surface area contributed by atoms with E-state index < -0.39 is 0 Å². The fourth-order valence-corrected chi connectivity index (χ4v) is 3.00. The lowest BCUT2D eigenvalue weighted by Crippen LogP contribution is -2.42. The lowest BCUT2D eigenvalue weighted by Gasteiger charge is -2.34. The molecule has 3 aromatic heterocycles. The van der Waals surface area contributed by atoms with Crippen LogP contribution < -0.4 is 10.2 Å². The van der Waals surface area contributed by atoms with Crippen molar-refractivity contribution >= 4 is 22.6 Å². The Bertz CT molecular complexity index is 757. The highest BCUT2D eigenvalue weighted by atomic mass is 16.3. The quantitative estimate of drug-likeness (QED) is 0.801. The Hall–Kier alpha value is -2.63. The summed E-state index contributed by atoms with van der Waals surface area (Å²) in [5.74, 6) is 1.87. The molecule has 3 aromatic rings. The van der Waals surface area contributed by atoms with Crippen molar-refractivity contribution in [1.29, 1.82) is 0 Å². The summed E-state index contributed by atoms with van der Waals surface area (Å²) in [5, 5.41) is 4.55. The molecule has 1 aliphatic heterocycles. The molecule has 0 aromatic carbocycles. The van der Waals surface area contributed by atoms with Gasteiger partial charge in [0, 0.05) is 31.5 Å². The Morgan fingerprint density at radius 3 is 3.09 bits per heavy atom. The molecule has 1 N–H and O–H groups in total. The van der Waals surface area contributed by atoms with Gasteiger partial charge in [-0.1, -0.05) is 0 Å². The first-order valence-corrected chi connectivity index (χ1v) is 7.50. The van der Waals surface area contributed by atoms with Crippen LogP contribution in [0.25, 0.3) is 11.0 Å². The molecule has 6 nitrogen and oxygen atoms in total. The number of pyridine rings is 1. The van der Waals surface area contributed by atoms with Crippen LogP contribution in [0.5, 0.6) is 0 Å². The van der Waals surface area contributed by atoms with Crippen LogP contribution in [0.3, 0.4) is 0 Å². The smallest absolute Gasteiger partial charge is 0.139 e. The van der Waals surface area contributed by atoms with Crippen molar-refractivity contribution in [3.63, 3.8) is 0 Å². The molecule has 1 fully saturated rings. The van der Waals surface area contributed by atoms with E-state index in [2.05, 4.69) is 25.2 Å². The Morgan fingerprint density at radius 2 is 2.18 bits per heavy atom. The van der Waals surface area contributed by atoms with Gasteiger partial charge in [-0.15, -0.1) is 0 Å². The first kappa shape index (κ1) is 13.1. The maximum atomic E-state index is 5.47. The number of piperidine rings is 1. The predicted molar refractivity (Wildman–Crippen MR) is 84.9 cm³/mol. The molecule has 1 atom stereocenters. The zero-order chi connectivity index (χ0) is 14.8. The summed E-state index contributed by atoms with van der Waals surface area (Å²) in [6, 6.07) is 6.14. The van der Waals surface area contributed by atoms with Crippen LogP contribution in [0.2, 0.25) is 0 Å². The molecule has 0 bridgehead atoms. The average Bonchev–Trinajstić information content (AvgIpc) is 3.04. The van der Waals surface area contributed by atoms with Gasteiger partial charge in [-0.3, -0.25) is 0 Å². The van der Waals surface area contributed by atoms with Gasteiger partial charge in [0.05, 0.1) is 11.6 Å². The summed E-state index contributed by atoms with van der Waals surface area (Å²) in [6.07, 6.45) is 9.10. The number of fused-ring (bicyclic) bond motifs is 1. The zero-order valence-electron chi connectivity index (χ0n) is 12.1. The molecule has 4 rings (SSSR count). The third-order valence-electron chi connectivity index (χ3n) is 4.01. The van der Waals surface area contributed by atoms with Crippen LogP contribution in [0.4, 0.5) is 11.6 Å². The second-order valence-electron chi connectivity index (χ2n) is 5.49. The molecule has 0 amide bonds. The SMILES string of the molecule is c1cc(NC2CCCN(c3nccc4occc34)C2)ncn1. The first-order valence-electron chi connectivity index (χ1n) is 7.50. The molecule has 1 unspecified atom stereocenters. The van der Waals surface area contributed by atoms with Gasteiger partial charge in [-0.2, -0.15) is 0 Å². The number of furan rings is 1. The van der Waals surface area contributed by atoms with E-state index in [-0.39, 0.29) is 0 Å². The van der Waals surface area contributed by atoms with Crippen molar-refractivity contribution in [3.05, 3.63) is 43.2 Å². The minimum Gasteiger partial charge on any atom is -0.464 e. The van der Waals surface area contributed by atoms with Crippen molar-refractivity contribution in [2.45, 2.75) is 18.9 Å². The molecule has 0 saturated carbocycles. The van der Waals surface area contributed by atoms with E-state index in [9.17, 15) is 0 Å². The van der Waals surface area contributed by atoms with Crippen molar-refractivity contribution in [3.8, 4) is 0 Å². The van der Waals surface area contributed by atoms with Crippen LogP contribution in [0.1, 0.15) is 12.8 Å². The summed E-state index contributed by atoms with van der Waals surface area (Å²) in [7, 11) is 0. The Morgan fingerprint density at radius 1 is 1.18 bits per heavy atom. The second-order valence-corrected chi connectivity index (χ2v) is 5.49. The molecule has 112 valence electrons. The fraction of sp³-hybridized carbons (Fsp3) is 0.312. The number of nitrogens with one attached hydrogen (secondary N) is 1. The largest absolute Gasteiger partial charge is 0.464 e. The van der Waals surface area contributed by atoms with E-state index in [1.54, 1.807) is 18.8 Å². The fourth-order valence-electron chi connectivity index (χ4n) is 3.00. The van der Waals surface area contributed by atoms with Crippen molar-refractivity contribution in [2.24, 2.45) is 0 Å². The monoisotopic (exact) mass is 295 g/mol. The van der Waals surface area contributed by atoms with Crippen LogP contribution in [0.15, 0.2) is 47.6 Å².